The highest BCUT2D eigenvalue weighted by atomic mass is 19.4. The van der Waals surface area contributed by atoms with Crippen LogP contribution in [0.1, 0.15) is 11.5 Å². The zero-order chi connectivity index (χ0) is 16.9. The summed E-state index contributed by atoms with van der Waals surface area (Å²) in [6.07, 6.45) is -3.88. The Morgan fingerprint density at radius 1 is 1.00 bits per heavy atom. The van der Waals surface area contributed by atoms with Crippen LogP contribution in [-0.2, 0) is 5.60 Å². The van der Waals surface area contributed by atoms with Crippen LogP contribution in [0.2, 0.25) is 0 Å². The van der Waals surface area contributed by atoms with Crippen LogP contribution in [0.25, 0.3) is 22.0 Å². The number of hydrogen-bond acceptors (Lipinski definition) is 3. The molecule has 0 amide bonds. The molecule has 0 radical (unpaired) electrons. The third-order valence-electron chi connectivity index (χ3n) is 3.99. The van der Waals surface area contributed by atoms with E-state index in [1.807, 2.05) is 0 Å². The van der Waals surface area contributed by atoms with Gasteiger partial charge < -0.3 is 14.5 Å². The molecule has 0 aliphatic heterocycles. The van der Waals surface area contributed by atoms with Gasteiger partial charge in [-0.05, 0) is 18.2 Å². The lowest BCUT2D eigenvalue weighted by atomic mass is 9.92. The second-order valence-electron chi connectivity index (χ2n) is 5.44. The first-order valence-corrected chi connectivity index (χ1v) is 7.13. The second-order valence-corrected chi connectivity index (χ2v) is 5.44. The molecular weight excluding hydrogens is 321 g/mol. The van der Waals surface area contributed by atoms with Crippen LogP contribution >= 0.6 is 0 Å². The van der Waals surface area contributed by atoms with E-state index in [9.17, 15) is 18.3 Å². The van der Waals surface area contributed by atoms with E-state index in [4.69, 9.17) is 4.42 Å². The first-order chi connectivity index (χ1) is 11.4. The quantitative estimate of drug-likeness (QED) is 0.581. The van der Waals surface area contributed by atoms with E-state index in [1.165, 1.54) is 18.2 Å². The molecule has 7 heteroatoms. The summed E-state index contributed by atoms with van der Waals surface area (Å²) >= 11 is 0. The molecule has 0 fully saturated rings. The van der Waals surface area contributed by atoms with Crippen molar-refractivity contribution in [3.05, 3.63) is 66.2 Å². The van der Waals surface area contributed by atoms with Gasteiger partial charge in [0.2, 0.25) is 5.89 Å². The normalized spacial score (nSPS) is 15.0. The minimum absolute atomic E-state index is 0.176. The lowest BCUT2D eigenvalue weighted by Gasteiger charge is -2.27. The van der Waals surface area contributed by atoms with Gasteiger partial charge in [-0.25, -0.2) is 4.98 Å². The van der Waals surface area contributed by atoms with Crippen molar-refractivity contribution in [2.24, 2.45) is 0 Å². The number of fused-ring (bicyclic) bond motifs is 2. The van der Waals surface area contributed by atoms with Crippen LogP contribution in [0.5, 0.6) is 0 Å². The van der Waals surface area contributed by atoms with E-state index in [0.29, 0.717) is 5.52 Å². The Morgan fingerprint density at radius 3 is 2.46 bits per heavy atom. The first-order valence-electron chi connectivity index (χ1n) is 7.13. The third kappa shape index (κ3) is 1.94. The molecule has 2 aromatic heterocycles. The number of benzene rings is 2. The van der Waals surface area contributed by atoms with Crippen molar-refractivity contribution in [3.63, 3.8) is 0 Å². The molecule has 0 aliphatic carbocycles. The van der Waals surface area contributed by atoms with E-state index in [1.54, 1.807) is 30.3 Å². The maximum absolute atomic E-state index is 13.8. The summed E-state index contributed by atoms with van der Waals surface area (Å²) < 4.78 is 46.8. The van der Waals surface area contributed by atoms with Gasteiger partial charge in [-0.15, -0.1) is 0 Å². The maximum Gasteiger partial charge on any atom is 0.430 e. The van der Waals surface area contributed by atoms with Crippen molar-refractivity contribution < 1.29 is 22.7 Å². The van der Waals surface area contributed by atoms with Gasteiger partial charge >= 0.3 is 6.18 Å². The number of nitrogens with zero attached hydrogens (tertiary/aromatic N) is 1. The number of aliphatic hydroxyl groups is 1. The molecule has 4 nitrogen and oxygen atoms in total. The summed E-state index contributed by atoms with van der Waals surface area (Å²) in [4.78, 5) is 6.60. The molecule has 2 N–H and O–H groups in total. The molecule has 1 atom stereocenters. The zero-order valence-electron chi connectivity index (χ0n) is 12.1. The van der Waals surface area contributed by atoms with Crippen LogP contribution in [0, 0.1) is 0 Å². The topological polar surface area (TPSA) is 62.1 Å². The highest BCUT2D eigenvalue weighted by Crippen LogP contribution is 2.46. The third-order valence-corrected chi connectivity index (χ3v) is 3.99. The van der Waals surface area contributed by atoms with Crippen LogP contribution < -0.4 is 0 Å². The van der Waals surface area contributed by atoms with Crippen molar-refractivity contribution in [1.82, 2.24) is 9.97 Å². The number of alkyl halides is 3. The lowest BCUT2D eigenvalue weighted by molar-refractivity contribution is -0.254. The Hall–Kier alpha value is -2.80. The Balaban J connectivity index is 2.03. The minimum Gasteiger partial charge on any atom is -0.437 e. The second kappa shape index (κ2) is 4.85. The van der Waals surface area contributed by atoms with E-state index in [0.717, 1.165) is 6.20 Å². The number of aromatic nitrogens is 2. The van der Waals surface area contributed by atoms with Crippen molar-refractivity contribution in [2.75, 3.05) is 0 Å². The van der Waals surface area contributed by atoms with Crippen molar-refractivity contribution in [2.45, 2.75) is 11.8 Å². The van der Waals surface area contributed by atoms with Crippen molar-refractivity contribution in [1.29, 1.82) is 0 Å². The van der Waals surface area contributed by atoms with E-state index in [2.05, 4.69) is 9.97 Å². The maximum atomic E-state index is 13.8. The van der Waals surface area contributed by atoms with E-state index >= 15 is 0 Å². The molecule has 0 bridgehead atoms. The number of H-pyrrole nitrogens is 1. The van der Waals surface area contributed by atoms with Crippen LogP contribution in [0.3, 0.4) is 0 Å². The molecule has 24 heavy (non-hydrogen) atoms. The molecule has 122 valence electrons. The molecule has 2 heterocycles. The van der Waals surface area contributed by atoms with E-state index < -0.39 is 17.7 Å². The Bertz CT molecular complexity index is 1000. The van der Waals surface area contributed by atoms with Gasteiger partial charge in [0, 0.05) is 22.7 Å². The average molecular weight is 332 g/mol. The molecule has 4 aromatic rings. The Kier molecular flexibility index (Phi) is 2.98. The van der Waals surface area contributed by atoms with Crippen LogP contribution in [0.4, 0.5) is 13.2 Å². The standard InChI is InChI=1S/C17H11F3N2O2/c18-17(19,20)16(23,11-9-21-12-6-2-1-5-10(11)12)15-22-13-7-3-4-8-14(13)24-15/h1-9,21,23H/t16-/m0/s1. The van der Waals surface area contributed by atoms with Crippen molar-refractivity contribution >= 4 is 22.0 Å². The first kappa shape index (κ1) is 14.8. The fourth-order valence-electron chi connectivity index (χ4n) is 2.79. The molecule has 0 unspecified atom stereocenters. The fourth-order valence-corrected chi connectivity index (χ4v) is 2.79. The molecule has 0 spiro atoms. The monoisotopic (exact) mass is 332 g/mol. The minimum atomic E-state index is -5.02. The highest BCUT2D eigenvalue weighted by Gasteiger charge is 2.61. The predicted octanol–water partition coefficient (Wildman–Crippen LogP) is 4.11. The number of aromatic amines is 1. The smallest absolute Gasteiger partial charge is 0.430 e. The molecule has 0 saturated heterocycles. The van der Waals surface area contributed by atoms with E-state index in [-0.39, 0.29) is 22.0 Å². The summed E-state index contributed by atoms with van der Waals surface area (Å²) in [6.45, 7) is 0. The number of para-hydroxylation sites is 3. The summed E-state index contributed by atoms with van der Waals surface area (Å²) in [5, 5.41) is 10.9. The van der Waals surface area contributed by atoms with Gasteiger partial charge in [0.1, 0.15) is 5.52 Å². The van der Waals surface area contributed by atoms with Gasteiger partial charge in [-0.1, -0.05) is 30.3 Å². The largest absolute Gasteiger partial charge is 0.437 e. The Morgan fingerprint density at radius 2 is 1.71 bits per heavy atom. The van der Waals surface area contributed by atoms with Gasteiger partial charge in [-0.3, -0.25) is 0 Å². The fraction of sp³-hybridized carbons (Fsp3) is 0.118. The summed E-state index contributed by atoms with van der Waals surface area (Å²) in [5.41, 5.74) is -2.81. The molecule has 0 aliphatic rings. The highest BCUT2D eigenvalue weighted by molar-refractivity contribution is 5.84. The summed E-state index contributed by atoms with van der Waals surface area (Å²) in [7, 11) is 0. The van der Waals surface area contributed by atoms with Gasteiger partial charge in [-0.2, -0.15) is 13.2 Å². The number of rotatable bonds is 2. The lowest BCUT2D eigenvalue weighted by Crippen LogP contribution is -2.43. The van der Waals surface area contributed by atoms with Crippen LogP contribution in [-0.4, -0.2) is 21.3 Å². The SMILES string of the molecule is O[C@](c1nc2ccccc2o1)(c1c[nH]c2ccccc12)C(F)(F)F. The van der Waals surface area contributed by atoms with Gasteiger partial charge in [0.25, 0.3) is 5.60 Å². The van der Waals surface area contributed by atoms with Crippen LogP contribution in [0.15, 0.2) is 59.1 Å². The number of hydrogen-bond donors (Lipinski definition) is 2. The summed E-state index contributed by atoms with van der Waals surface area (Å²) in [6, 6.07) is 12.7. The number of oxazole rings is 1. The van der Waals surface area contributed by atoms with Gasteiger partial charge in [0.15, 0.2) is 5.58 Å². The summed E-state index contributed by atoms with van der Waals surface area (Å²) in [5.74, 6) is -0.805. The molecule has 2 aromatic carbocycles. The molecular formula is C17H11F3N2O2. The average Bonchev–Trinajstić information content (AvgIpc) is 3.17. The molecule has 0 saturated carbocycles. The Labute approximate surface area is 133 Å². The van der Waals surface area contributed by atoms with Gasteiger partial charge in [0.05, 0.1) is 0 Å². The number of nitrogens with one attached hydrogen (secondary N) is 1. The van der Waals surface area contributed by atoms with Crippen molar-refractivity contribution in [3.8, 4) is 0 Å². The predicted molar refractivity (Wildman–Crippen MR) is 81.4 cm³/mol. The molecule has 4 rings (SSSR count). The zero-order valence-corrected chi connectivity index (χ0v) is 12.1. The number of halogens is 3.